The second-order valence-corrected chi connectivity index (χ2v) is 6.87. The predicted molar refractivity (Wildman–Crippen MR) is 82.3 cm³/mol. The van der Waals surface area contributed by atoms with E-state index in [1.807, 2.05) is 4.68 Å². The first-order chi connectivity index (χ1) is 9.54. The van der Waals surface area contributed by atoms with Crippen LogP contribution in [-0.4, -0.2) is 20.3 Å². The van der Waals surface area contributed by atoms with E-state index in [0.717, 1.165) is 49.9 Å². The molecule has 0 spiro atoms. The zero-order valence-electron chi connectivity index (χ0n) is 13.3. The summed E-state index contributed by atoms with van der Waals surface area (Å²) >= 11 is 0. The molecule has 2 rings (SSSR count). The van der Waals surface area contributed by atoms with Crippen LogP contribution in [0.3, 0.4) is 0 Å². The maximum atomic E-state index is 6.70. The molecule has 2 N–H and O–H groups in total. The third-order valence-corrected chi connectivity index (χ3v) is 4.85. The lowest BCUT2D eigenvalue weighted by molar-refractivity contribution is 0.317. The summed E-state index contributed by atoms with van der Waals surface area (Å²) in [6.45, 7) is 7.79. The molecule has 1 aliphatic rings. The molecule has 1 heterocycles. The lowest BCUT2D eigenvalue weighted by Crippen LogP contribution is -2.42. The smallest absolute Gasteiger partial charge is 0.138 e. The van der Waals surface area contributed by atoms with Crippen molar-refractivity contribution >= 4 is 0 Å². The number of hydrogen-bond acceptors (Lipinski definition) is 3. The standard InChI is InChI=1S/C16H30N4/c1-4-10-20-15(18-12-19-20)11-16(17)8-5-6-14(7-9-16)13(2)3/h12-14H,4-11,17H2,1-3H3. The van der Waals surface area contributed by atoms with Crippen molar-refractivity contribution in [3.8, 4) is 0 Å². The Labute approximate surface area is 123 Å². The van der Waals surface area contributed by atoms with Crippen LogP contribution in [0.4, 0.5) is 0 Å². The molecule has 2 unspecified atom stereocenters. The molecule has 0 radical (unpaired) electrons. The first-order valence-corrected chi connectivity index (χ1v) is 8.19. The van der Waals surface area contributed by atoms with Crippen molar-refractivity contribution in [2.45, 2.75) is 77.8 Å². The van der Waals surface area contributed by atoms with Crippen LogP contribution in [0.2, 0.25) is 0 Å². The molecule has 114 valence electrons. The minimum Gasteiger partial charge on any atom is -0.325 e. The SMILES string of the molecule is CCCn1ncnc1CC1(N)CCCC(C(C)C)CC1. The highest BCUT2D eigenvalue weighted by Crippen LogP contribution is 2.34. The number of nitrogens with two attached hydrogens (primary N) is 1. The zero-order chi connectivity index (χ0) is 14.6. The van der Waals surface area contributed by atoms with Crippen molar-refractivity contribution < 1.29 is 0 Å². The molecule has 0 bridgehead atoms. The van der Waals surface area contributed by atoms with E-state index in [1.165, 1.54) is 19.3 Å². The zero-order valence-corrected chi connectivity index (χ0v) is 13.3. The molecule has 1 aromatic heterocycles. The summed E-state index contributed by atoms with van der Waals surface area (Å²) in [6, 6.07) is 0. The first-order valence-electron chi connectivity index (χ1n) is 8.19. The summed E-state index contributed by atoms with van der Waals surface area (Å²) in [6.07, 6.45) is 9.71. The Kier molecular flexibility index (Phi) is 5.19. The molecule has 20 heavy (non-hydrogen) atoms. The molecule has 1 aliphatic carbocycles. The summed E-state index contributed by atoms with van der Waals surface area (Å²) in [4.78, 5) is 4.43. The van der Waals surface area contributed by atoms with E-state index in [0.29, 0.717) is 0 Å². The molecule has 4 heteroatoms. The van der Waals surface area contributed by atoms with E-state index in [-0.39, 0.29) is 5.54 Å². The van der Waals surface area contributed by atoms with Gasteiger partial charge < -0.3 is 5.73 Å². The Morgan fingerprint density at radius 3 is 2.90 bits per heavy atom. The largest absolute Gasteiger partial charge is 0.325 e. The lowest BCUT2D eigenvalue weighted by atomic mass is 9.85. The second-order valence-electron chi connectivity index (χ2n) is 6.87. The summed E-state index contributed by atoms with van der Waals surface area (Å²) in [7, 11) is 0. The van der Waals surface area contributed by atoms with Crippen LogP contribution in [-0.2, 0) is 13.0 Å². The Bertz CT molecular complexity index is 412. The van der Waals surface area contributed by atoms with E-state index >= 15 is 0 Å². The van der Waals surface area contributed by atoms with Crippen LogP contribution in [0.15, 0.2) is 6.33 Å². The summed E-state index contributed by atoms with van der Waals surface area (Å²) < 4.78 is 2.03. The van der Waals surface area contributed by atoms with Crippen molar-refractivity contribution in [2.24, 2.45) is 17.6 Å². The number of aromatic nitrogens is 3. The number of rotatable bonds is 5. The molecular formula is C16H30N4. The molecule has 0 aromatic carbocycles. The second kappa shape index (κ2) is 6.70. The van der Waals surface area contributed by atoms with Crippen molar-refractivity contribution in [3.05, 3.63) is 12.2 Å². The molecule has 1 fully saturated rings. The molecule has 4 nitrogen and oxygen atoms in total. The van der Waals surface area contributed by atoms with Crippen LogP contribution in [0.25, 0.3) is 0 Å². The molecule has 2 atom stereocenters. The molecule has 0 aliphatic heterocycles. The van der Waals surface area contributed by atoms with Crippen LogP contribution in [0, 0.1) is 11.8 Å². The highest BCUT2D eigenvalue weighted by molar-refractivity contribution is 4.99. The van der Waals surface area contributed by atoms with Crippen LogP contribution >= 0.6 is 0 Å². The molecule has 0 amide bonds. The van der Waals surface area contributed by atoms with E-state index < -0.39 is 0 Å². The van der Waals surface area contributed by atoms with Gasteiger partial charge in [-0.25, -0.2) is 4.98 Å². The normalized spacial score (nSPS) is 27.8. The topological polar surface area (TPSA) is 56.7 Å². The lowest BCUT2D eigenvalue weighted by Gasteiger charge is -2.28. The molecule has 1 saturated carbocycles. The average Bonchev–Trinajstić information content (AvgIpc) is 2.70. The maximum absolute atomic E-state index is 6.70. The molecule has 1 aromatic rings. The van der Waals surface area contributed by atoms with Crippen molar-refractivity contribution in [2.75, 3.05) is 0 Å². The van der Waals surface area contributed by atoms with Crippen molar-refractivity contribution in [1.82, 2.24) is 14.8 Å². The number of hydrogen-bond donors (Lipinski definition) is 1. The van der Waals surface area contributed by atoms with Gasteiger partial charge in [0.2, 0.25) is 0 Å². The summed E-state index contributed by atoms with van der Waals surface area (Å²) in [5.41, 5.74) is 6.62. The maximum Gasteiger partial charge on any atom is 0.138 e. The predicted octanol–water partition coefficient (Wildman–Crippen LogP) is 3.16. The first kappa shape index (κ1) is 15.5. The summed E-state index contributed by atoms with van der Waals surface area (Å²) in [5, 5.41) is 4.32. The van der Waals surface area contributed by atoms with E-state index in [1.54, 1.807) is 6.33 Å². The van der Waals surface area contributed by atoms with Gasteiger partial charge in [0.25, 0.3) is 0 Å². The van der Waals surface area contributed by atoms with Gasteiger partial charge in [-0.2, -0.15) is 5.10 Å². The highest BCUT2D eigenvalue weighted by Gasteiger charge is 2.31. The third-order valence-electron chi connectivity index (χ3n) is 4.85. The van der Waals surface area contributed by atoms with Gasteiger partial charge in [0, 0.05) is 18.5 Å². The van der Waals surface area contributed by atoms with E-state index in [2.05, 4.69) is 30.9 Å². The fourth-order valence-corrected chi connectivity index (χ4v) is 3.44. The van der Waals surface area contributed by atoms with Crippen molar-refractivity contribution in [3.63, 3.8) is 0 Å². The van der Waals surface area contributed by atoms with Crippen LogP contribution in [0.1, 0.15) is 65.1 Å². The van der Waals surface area contributed by atoms with Gasteiger partial charge in [-0.3, -0.25) is 4.68 Å². The van der Waals surface area contributed by atoms with Gasteiger partial charge in [0.1, 0.15) is 12.2 Å². The average molecular weight is 278 g/mol. The Balaban J connectivity index is 2.01. The van der Waals surface area contributed by atoms with Crippen LogP contribution < -0.4 is 5.73 Å². The Hall–Kier alpha value is -0.900. The fraction of sp³-hybridized carbons (Fsp3) is 0.875. The van der Waals surface area contributed by atoms with Gasteiger partial charge in [-0.05, 0) is 37.5 Å². The third kappa shape index (κ3) is 3.81. The fourth-order valence-electron chi connectivity index (χ4n) is 3.44. The van der Waals surface area contributed by atoms with Gasteiger partial charge in [0.05, 0.1) is 0 Å². The van der Waals surface area contributed by atoms with Gasteiger partial charge in [-0.15, -0.1) is 0 Å². The minimum absolute atomic E-state index is 0.0812. The quantitative estimate of drug-likeness (QED) is 0.842. The van der Waals surface area contributed by atoms with Gasteiger partial charge in [0.15, 0.2) is 0 Å². The van der Waals surface area contributed by atoms with E-state index in [4.69, 9.17) is 5.73 Å². The van der Waals surface area contributed by atoms with Gasteiger partial charge in [-0.1, -0.05) is 33.6 Å². The van der Waals surface area contributed by atoms with Crippen LogP contribution in [0.5, 0.6) is 0 Å². The Morgan fingerprint density at radius 1 is 1.40 bits per heavy atom. The number of aryl methyl sites for hydroxylation is 1. The van der Waals surface area contributed by atoms with Gasteiger partial charge >= 0.3 is 0 Å². The van der Waals surface area contributed by atoms with E-state index in [9.17, 15) is 0 Å². The summed E-state index contributed by atoms with van der Waals surface area (Å²) in [5.74, 6) is 2.69. The monoisotopic (exact) mass is 278 g/mol. The minimum atomic E-state index is -0.0812. The number of nitrogens with zero attached hydrogens (tertiary/aromatic N) is 3. The van der Waals surface area contributed by atoms with Crippen molar-refractivity contribution in [1.29, 1.82) is 0 Å². The molecular weight excluding hydrogens is 248 g/mol. The highest BCUT2D eigenvalue weighted by atomic mass is 15.3. The molecule has 0 saturated heterocycles. The Morgan fingerprint density at radius 2 is 2.20 bits per heavy atom.